The first-order valence-corrected chi connectivity index (χ1v) is 32.0. The van der Waals surface area contributed by atoms with Crippen LogP contribution in [0.1, 0.15) is 52.7 Å². The van der Waals surface area contributed by atoms with E-state index in [0.717, 1.165) is 5.69 Å². The Morgan fingerprint density at radius 3 is 1.08 bits per heavy atom. The van der Waals surface area contributed by atoms with Crippen molar-refractivity contribution in [1.82, 2.24) is 9.13 Å². The Bertz CT molecular complexity index is 4250. The smallest absolute Gasteiger partial charge is 0.184 e. The Morgan fingerprint density at radius 1 is 0.278 bits per heavy atom. The molecule has 15 rings (SSSR count). The highest BCUT2D eigenvalue weighted by atomic mass is 28.3. The number of para-hydroxylation sites is 3. The van der Waals surface area contributed by atoms with Crippen LogP contribution in [-0.4, -0.2) is 25.3 Å². The van der Waals surface area contributed by atoms with Gasteiger partial charge in [-0.05, 0) is 136 Å². The molecule has 4 heterocycles. The van der Waals surface area contributed by atoms with Crippen LogP contribution in [-0.2, 0) is 10.8 Å². The molecular weight excluding hydrogens is 987 g/mol. The largest absolute Gasteiger partial charge is 0.311 e. The van der Waals surface area contributed by atoms with Crippen LogP contribution in [0.15, 0.2) is 261 Å². The Morgan fingerprint density at radius 2 is 0.633 bits per heavy atom. The molecule has 0 spiro atoms. The van der Waals surface area contributed by atoms with Crippen molar-refractivity contribution in [2.45, 2.75) is 52.4 Å². The molecule has 0 saturated heterocycles. The van der Waals surface area contributed by atoms with Crippen molar-refractivity contribution >= 4 is 118 Å². The molecule has 0 amide bonds. The number of nitrogens with zero attached hydrogens (tertiary/aromatic N) is 3. The molecule has 5 heteroatoms. The van der Waals surface area contributed by atoms with E-state index in [1.807, 2.05) is 0 Å². The number of hydrogen-bond donors (Lipinski definition) is 0. The zero-order valence-electron chi connectivity index (χ0n) is 45.7. The first-order chi connectivity index (χ1) is 38.5. The Hall–Kier alpha value is -8.75. The quantitative estimate of drug-likeness (QED) is 0.151. The normalized spacial score (nSPS) is 14.4. The van der Waals surface area contributed by atoms with E-state index < -0.39 is 16.1 Å². The molecule has 0 saturated carbocycles. The summed E-state index contributed by atoms with van der Waals surface area (Å²) in [7, 11) is -6.32. The highest BCUT2D eigenvalue weighted by Gasteiger charge is 2.56. The molecule has 0 aliphatic carbocycles. The zero-order chi connectivity index (χ0) is 53.4. The maximum absolute atomic E-state index is 3.16. The Kier molecular flexibility index (Phi) is 10.4. The summed E-state index contributed by atoms with van der Waals surface area (Å²) < 4.78 is 5.12. The average Bonchev–Trinajstić information content (AvgIpc) is 2.27. The van der Waals surface area contributed by atoms with Gasteiger partial charge in [0.05, 0.1) is 22.1 Å². The topological polar surface area (TPSA) is 13.1 Å². The second-order valence-electron chi connectivity index (χ2n) is 24.1. The van der Waals surface area contributed by atoms with Crippen molar-refractivity contribution in [1.29, 1.82) is 0 Å². The van der Waals surface area contributed by atoms with Crippen LogP contribution in [0.5, 0.6) is 0 Å². The minimum atomic E-state index is -3.16. The van der Waals surface area contributed by atoms with Crippen LogP contribution >= 0.6 is 0 Å². The van der Waals surface area contributed by atoms with Gasteiger partial charge >= 0.3 is 0 Å². The van der Waals surface area contributed by atoms with Gasteiger partial charge in [0.25, 0.3) is 0 Å². The average molecular weight is 1050 g/mol. The van der Waals surface area contributed by atoms with Crippen molar-refractivity contribution in [3.05, 3.63) is 272 Å². The van der Waals surface area contributed by atoms with Gasteiger partial charge in [-0.2, -0.15) is 0 Å². The highest BCUT2D eigenvalue weighted by Crippen LogP contribution is 2.44. The van der Waals surface area contributed by atoms with E-state index in [0.29, 0.717) is 0 Å². The number of anilines is 3. The summed E-state index contributed by atoms with van der Waals surface area (Å²) in [4.78, 5) is 2.67. The number of hydrogen-bond acceptors (Lipinski definition) is 1. The molecule has 0 unspecified atom stereocenters. The van der Waals surface area contributed by atoms with Gasteiger partial charge in [0, 0.05) is 50.0 Å². The first kappa shape index (κ1) is 47.5. The molecule has 13 aromatic rings. The van der Waals surface area contributed by atoms with E-state index in [1.165, 1.54) is 119 Å². The highest BCUT2D eigenvalue weighted by molar-refractivity contribution is 7.24. The predicted octanol–water partition coefficient (Wildman–Crippen LogP) is 13.3. The molecule has 0 bridgehead atoms. The summed E-state index contributed by atoms with van der Waals surface area (Å²) in [6, 6.07) is 101. The van der Waals surface area contributed by atoms with E-state index in [1.54, 1.807) is 0 Å². The van der Waals surface area contributed by atoms with E-state index >= 15 is 0 Å². The predicted molar refractivity (Wildman–Crippen MR) is 342 cm³/mol. The van der Waals surface area contributed by atoms with Crippen LogP contribution in [0.3, 0.4) is 0 Å². The van der Waals surface area contributed by atoms with Crippen LogP contribution in [0.2, 0.25) is 0 Å². The second kappa shape index (κ2) is 17.4. The molecule has 3 nitrogen and oxygen atoms in total. The third-order valence-corrected chi connectivity index (χ3v) is 27.4. The lowest BCUT2D eigenvalue weighted by Gasteiger charge is -2.52. The molecule has 0 N–H and O–H groups in total. The molecule has 2 aliphatic rings. The Labute approximate surface area is 465 Å². The zero-order valence-corrected chi connectivity index (χ0v) is 47.7. The van der Waals surface area contributed by atoms with Crippen LogP contribution < -0.4 is 46.4 Å². The summed E-state index contributed by atoms with van der Waals surface area (Å²) in [5, 5.41) is 16.2. The molecule has 0 fully saturated rings. The van der Waals surface area contributed by atoms with Gasteiger partial charge in [-0.25, -0.2) is 0 Å². The van der Waals surface area contributed by atoms with Gasteiger partial charge in [0.1, 0.15) is 0 Å². The van der Waals surface area contributed by atoms with E-state index in [-0.39, 0.29) is 10.8 Å². The first-order valence-electron chi connectivity index (χ1n) is 28.0. The van der Waals surface area contributed by atoms with Crippen molar-refractivity contribution in [2.75, 3.05) is 4.90 Å². The second-order valence-corrected chi connectivity index (χ2v) is 31.5. The minimum absolute atomic E-state index is 0.0138. The van der Waals surface area contributed by atoms with Crippen molar-refractivity contribution < 1.29 is 0 Å². The summed E-state index contributed by atoms with van der Waals surface area (Å²) >= 11 is 0. The lowest BCUT2D eigenvalue weighted by Crippen LogP contribution is -2.82. The number of benzene rings is 11. The van der Waals surface area contributed by atoms with Gasteiger partial charge in [-0.1, -0.05) is 230 Å². The molecule has 2 aromatic heterocycles. The molecule has 11 aromatic carbocycles. The molecule has 2 aliphatic heterocycles. The summed E-state index contributed by atoms with van der Waals surface area (Å²) in [6.45, 7) is 13.9. The fourth-order valence-electron chi connectivity index (χ4n) is 14.1. The fraction of sp³-hybridized carbons (Fsp3) is 0.108. The molecule has 0 atom stereocenters. The van der Waals surface area contributed by atoms with Gasteiger partial charge in [-0.15, -0.1) is 0 Å². The van der Waals surface area contributed by atoms with Gasteiger partial charge < -0.3 is 14.0 Å². The molecular formula is C74H61N3Si2. The molecule has 0 radical (unpaired) electrons. The standard InChI is InChI=1S/C74H61N3Si2/c1-73(2,3)50-39-42-63-59(45-50)60-46-51(74(4,5)6)40-43-64(60)75(63)52-41-44-65-61(47-52)58-33-19-20-34-62(58)76(65)53-48-70-72-71(49-53)79(56-29-15-9-16-30-56,57-31-17-10-18-32-57)69-38-24-22-36-67(69)77(72)66-35-21-23-37-68(66)78(70,54-25-11-7-12-26-54)55-27-13-8-14-28-55/h7-49H,1-6H3. The third kappa shape index (κ3) is 6.76. The Balaban J connectivity index is 1.09. The van der Waals surface area contributed by atoms with Crippen molar-refractivity contribution in [3.8, 4) is 11.4 Å². The van der Waals surface area contributed by atoms with E-state index in [4.69, 9.17) is 0 Å². The maximum Gasteiger partial charge on any atom is 0.184 e. The van der Waals surface area contributed by atoms with Crippen LogP contribution in [0, 0.1) is 0 Å². The lowest BCUT2D eigenvalue weighted by atomic mass is 9.85. The SMILES string of the molecule is CC(C)(C)c1ccc2c(c1)c1cc(C(C)(C)C)ccc1n2-c1ccc2c(c1)c1ccccc1n2-c1cc2c3c(c1)[Si](c1ccccc1)(c1ccccc1)c1ccccc1N3c1ccccc1[Si]2(c1ccccc1)c1ccccc1. The fourth-order valence-corrected chi connectivity index (χ4v) is 24.5. The number of aromatic nitrogens is 2. The monoisotopic (exact) mass is 1050 g/mol. The summed E-state index contributed by atoms with van der Waals surface area (Å²) in [6.07, 6.45) is 0. The summed E-state index contributed by atoms with van der Waals surface area (Å²) in [5.41, 5.74) is 13.7. The third-order valence-electron chi connectivity index (χ3n) is 17.7. The van der Waals surface area contributed by atoms with E-state index in [9.17, 15) is 0 Å². The van der Waals surface area contributed by atoms with Crippen LogP contribution in [0.4, 0.5) is 17.1 Å². The van der Waals surface area contributed by atoms with Crippen LogP contribution in [0.25, 0.3) is 55.0 Å². The van der Waals surface area contributed by atoms with Gasteiger partial charge in [0.15, 0.2) is 16.1 Å². The number of rotatable bonds is 6. The molecule has 79 heavy (non-hydrogen) atoms. The van der Waals surface area contributed by atoms with Gasteiger partial charge in [-0.3, -0.25) is 0 Å². The van der Waals surface area contributed by atoms with Gasteiger partial charge in [0.2, 0.25) is 0 Å². The lowest BCUT2D eigenvalue weighted by molar-refractivity contribution is 0.590. The molecule has 380 valence electrons. The summed E-state index contributed by atoms with van der Waals surface area (Å²) in [5.74, 6) is 0. The maximum atomic E-state index is 2.67. The van der Waals surface area contributed by atoms with Crippen molar-refractivity contribution in [3.63, 3.8) is 0 Å². The van der Waals surface area contributed by atoms with E-state index in [2.05, 4.69) is 316 Å². The van der Waals surface area contributed by atoms with Crippen molar-refractivity contribution in [2.24, 2.45) is 0 Å². The number of fused-ring (bicyclic) bond motifs is 10. The minimum Gasteiger partial charge on any atom is -0.311 e.